The first-order chi connectivity index (χ1) is 15.4. The molecule has 1 spiro atoms. The van der Waals surface area contributed by atoms with Crippen molar-refractivity contribution in [3.8, 4) is 0 Å². The number of amides is 1. The second-order valence-electron chi connectivity index (χ2n) is 8.88. The number of rotatable bonds is 7. The van der Waals surface area contributed by atoms with Gasteiger partial charge in [-0.05, 0) is 74.1 Å². The minimum Gasteiger partial charge on any atom is -0.478 e. The van der Waals surface area contributed by atoms with Crippen molar-refractivity contribution in [2.24, 2.45) is 5.41 Å². The van der Waals surface area contributed by atoms with Gasteiger partial charge in [0.15, 0.2) is 0 Å². The van der Waals surface area contributed by atoms with E-state index in [1.54, 1.807) is 0 Å². The number of aromatic carboxylic acids is 1. The molecule has 3 heterocycles. The molecule has 0 saturated carbocycles. The van der Waals surface area contributed by atoms with Crippen molar-refractivity contribution in [2.45, 2.75) is 58.4 Å². The summed E-state index contributed by atoms with van der Waals surface area (Å²) in [5.74, 6) is -1.52. The highest BCUT2D eigenvalue weighted by atomic mass is 19.1. The Bertz CT molecular complexity index is 1010. The lowest BCUT2D eigenvalue weighted by Gasteiger charge is -2.36. The predicted molar refractivity (Wildman–Crippen MR) is 116 cm³/mol. The number of hydrogen-bond donors (Lipinski definition) is 2. The third-order valence-corrected chi connectivity index (χ3v) is 6.78. The van der Waals surface area contributed by atoms with Crippen LogP contribution in [-0.4, -0.2) is 46.5 Å². The molecular formula is C24H30FN3O4. The number of fused-ring (bicyclic) bond motifs is 1. The van der Waals surface area contributed by atoms with Crippen LogP contribution in [0.5, 0.6) is 0 Å². The molecule has 0 aliphatic carbocycles. The zero-order valence-corrected chi connectivity index (χ0v) is 18.5. The number of hydrogen-bond acceptors (Lipinski definition) is 4. The standard InChI is InChI=1S/C24H30FN3O4/c1-2-19-21-20(14-24(15-26-22(21)29)8-11-32-12-9-24)28(27-19)10-4-3-5-16-13-17(25)6-7-18(16)23(30)31/h6-7,13H,2-5,8-12,14-15H2,1H3,(H,26,29)(H,30,31). The van der Waals surface area contributed by atoms with Gasteiger partial charge in [-0.25, -0.2) is 9.18 Å². The van der Waals surface area contributed by atoms with Crippen molar-refractivity contribution < 1.29 is 23.8 Å². The lowest BCUT2D eigenvalue weighted by atomic mass is 9.76. The predicted octanol–water partition coefficient (Wildman–Crippen LogP) is 3.39. The fourth-order valence-electron chi connectivity index (χ4n) is 4.91. The quantitative estimate of drug-likeness (QED) is 0.640. The van der Waals surface area contributed by atoms with Crippen LogP contribution < -0.4 is 5.32 Å². The van der Waals surface area contributed by atoms with Gasteiger partial charge in [0.2, 0.25) is 0 Å². The number of halogens is 1. The molecule has 2 aromatic rings. The summed E-state index contributed by atoms with van der Waals surface area (Å²) in [5, 5.41) is 17.2. The third kappa shape index (κ3) is 4.55. The van der Waals surface area contributed by atoms with Crippen molar-refractivity contribution >= 4 is 11.9 Å². The topological polar surface area (TPSA) is 93.5 Å². The van der Waals surface area contributed by atoms with Crippen molar-refractivity contribution in [2.75, 3.05) is 19.8 Å². The molecule has 2 aliphatic rings. The van der Waals surface area contributed by atoms with Crippen molar-refractivity contribution in [1.29, 1.82) is 0 Å². The first-order valence-electron chi connectivity index (χ1n) is 11.4. The van der Waals surface area contributed by atoms with E-state index in [1.165, 1.54) is 18.2 Å². The number of carboxylic acids is 1. The summed E-state index contributed by atoms with van der Waals surface area (Å²) < 4.78 is 21.1. The Hall–Kier alpha value is -2.74. The fourth-order valence-corrected chi connectivity index (χ4v) is 4.91. The Balaban J connectivity index is 1.50. The summed E-state index contributed by atoms with van der Waals surface area (Å²) >= 11 is 0. The Labute approximate surface area is 187 Å². The van der Waals surface area contributed by atoms with E-state index in [1.807, 2.05) is 11.6 Å². The number of ether oxygens (including phenoxy) is 1. The van der Waals surface area contributed by atoms with Gasteiger partial charge < -0.3 is 15.2 Å². The second-order valence-corrected chi connectivity index (χ2v) is 8.88. The highest BCUT2D eigenvalue weighted by molar-refractivity contribution is 5.97. The minimum absolute atomic E-state index is 0.0000901. The van der Waals surface area contributed by atoms with Gasteiger partial charge in [0.1, 0.15) is 5.82 Å². The van der Waals surface area contributed by atoms with E-state index in [0.29, 0.717) is 56.7 Å². The number of unbranched alkanes of at least 4 members (excludes halogenated alkanes) is 1. The summed E-state index contributed by atoms with van der Waals surface area (Å²) in [4.78, 5) is 24.3. The molecule has 4 rings (SSSR count). The van der Waals surface area contributed by atoms with Gasteiger partial charge in [0.05, 0.1) is 22.5 Å². The number of carbonyl (C=O) groups is 2. The highest BCUT2D eigenvalue weighted by Gasteiger charge is 2.39. The second kappa shape index (κ2) is 9.40. The van der Waals surface area contributed by atoms with E-state index < -0.39 is 11.8 Å². The number of aryl methyl sites for hydroxylation is 3. The maximum atomic E-state index is 13.6. The van der Waals surface area contributed by atoms with E-state index in [0.717, 1.165) is 37.1 Å². The average Bonchev–Trinajstić information content (AvgIpc) is 3.05. The SMILES string of the molecule is CCc1nn(CCCCc2cc(F)ccc2C(=O)O)c2c1C(=O)NCC1(CCOCC1)C2. The van der Waals surface area contributed by atoms with Crippen LogP contribution in [0, 0.1) is 11.2 Å². The molecule has 32 heavy (non-hydrogen) atoms. The Kier molecular flexibility index (Phi) is 6.60. The molecule has 1 amide bonds. The van der Waals surface area contributed by atoms with E-state index >= 15 is 0 Å². The molecule has 172 valence electrons. The number of carbonyl (C=O) groups excluding carboxylic acids is 1. The molecule has 1 fully saturated rings. The van der Waals surface area contributed by atoms with Gasteiger partial charge in [-0.2, -0.15) is 5.10 Å². The number of benzene rings is 1. The maximum Gasteiger partial charge on any atom is 0.335 e. The van der Waals surface area contributed by atoms with Crippen molar-refractivity contribution in [3.05, 3.63) is 52.1 Å². The number of nitrogens with one attached hydrogen (secondary N) is 1. The normalized spacial score (nSPS) is 17.6. The number of carboxylic acid groups (broad SMARTS) is 1. The zero-order chi connectivity index (χ0) is 22.7. The van der Waals surface area contributed by atoms with Gasteiger partial charge >= 0.3 is 5.97 Å². The number of nitrogens with zero attached hydrogens (tertiary/aromatic N) is 2. The summed E-state index contributed by atoms with van der Waals surface area (Å²) in [6.07, 6.45) is 5.24. The summed E-state index contributed by atoms with van der Waals surface area (Å²) in [5.41, 5.74) is 3.18. The largest absolute Gasteiger partial charge is 0.478 e. The zero-order valence-electron chi connectivity index (χ0n) is 18.5. The van der Waals surface area contributed by atoms with Crippen molar-refractivity contribution in [3.63, 3.8) is 0 Å². The summed E-state index contributed by atoms with van der Waals surface area (Å²) in [7, 11) is 0. The molecule has 1 saturated heterocycles. The Morgan fingerprint density at radius 2 is 2.09 bits per heavy atom. The van der Waals surface area contributed by atoms with E-state index in [4.69, 9.17) is 9.84 Å². The third-order valence-electron chi connectivity index (χ3n) is 6.78. The first kappa shape index (κ1) is 22.5. The van der Waals surface area contributed by atoms with Gasteiger partial charge in [0.25, 0.3) is 5.91 Å². The van der Waals surface area contributed by atoms with Crippen molar-refractivity contribution in [1.82, 2.24) is 15.1 Å². The molecule has 7 nitrogen and oxygen atoms in total. The van der Waals surface area contributed by atoms with E-state index in [-0.39, 0.29) is 16.9 Å². The smallest absolute Gasteiger partial charge is 0.335 e. The molecule has 0 bridgehead atoms. The number of aromatic nitrogens is 2. The Morgan fingerprint density at radius 1 is 1.31 bits per heavy atom. The molecule has 2 aliphatic heterocycles. The van der Waals surface area contributed by atoms with Gasteiger partial charge in [-0.15, -0.1) is 0 Å². The molecule has 1 aromatic heterocycles. The van der Waals surface area contributed by atoms with Crippen LogP contribution in [0.1, 0.15) is 70.3 Å². The van der Waals surface area contributed by atoms with Crippen LogP contribution in [0.2, 0.25) is 0 Å². The molecular weight excluding hydrogens is 413 g/mol. The van der Waals surface area contributed by atoms with Crippen LogP contribution in [0.3, 0.4) is 0 Å². The lowest BCUT2D eigenvalue weighted by Crippen LogP contribution is -2.40. The van der Waals surface area contributed by atoms with Gasteiger partial charge in [0, 0.05) is 26.3 Å². The maximum absolute atomic E-state index is 13.6. The highest BCUT2D eigenvalue weighted by Crippen LogP contribution is 2.37. The average molecular weight is 444 g/mol. The van der Waals surface area contributed by atoms with Gasteiger partial charge in [-0.3, -0.25) is 9.48 Å². The summed E-state index contributed by atoms with van der Waals surface area (Å²) in [6.45, 7) is 4.72. The van der Waals surface area contributed by atoms with Crippen LogP contribution in [0.4, 0.5) is 4.39 Å². The van der Waals surface area contributed by atoms with Crippen LogP contribution >= 0.6 is 0 Å². The van der Waals surface area contributed by atoms with Crippen LogP contribution in [0.25, 0.3) is 0 Å². The van der Waals surface area contributed by atoms with Crippen LogP contribution in [0.15, 0.2) is 18.2 Å². The van der Waals surface area contributed by atoms with Crippen LogP contribution in [-0.2, 0) is 30.5 Å². The minimum atomic E-state index is -1.04. The summed E-state index contributed by atoms with van der Waals surface area (Å²) in [6, 6.07) is 3.80. The molecule has 1 aromatic carbocycles. The molecule has 0 radical (unpaired) electrons. The lowest BCUT2D eigenvalue weighted by molar-refractivity contribution is 0.0152. The Morgan fingerprint density at radius 3 is 2.81 bits per heavy atom. The monoisotopic (exact) mass is 443 g/mol. The van der Waals surface area contributed by atoms with E-state index in [9.17, 15) is 19.1 Å². The fraction of sp³-hybridized carbons (Fsp3) is 0.542. The van der Waals surface area contributed by atoms with E-state index in [2.05, 4.69) is 5.32 Å². The molecule has 2 N–H and O–H groups in total. The molecule has 0 unspecified atom stereocenters. The van der Waals surface area contributed by atoms with Gasteiger partial charge in [-0.1, -0.05) is 6.92 Å². The first-order valence-corrected chi connectivity index (χ1v) is 11.4. The molecule has 0 atom stereocenters. The molecule has 8 heteroatoms.